The second-order valence-corrected chi connectivity index (χ2v) is 16.7. The lowest BCUT2D eigenvalue weighted by molar-refractivity contribution is 0.230. The zero-order chi connectivity index (χ0) is 39.1. The highest BCUT2D eigenvalue weighted by Gasteiger charge is 2.24. The first-order valence-electron chi connectivity index (χ1n) is 18.2. The molecule has 0 heterocycles. The lowest BCUT2D eigenvalue weighted by Crippen LogP contribution is -2.38. The predicted octanol–water partition coefficient (Wildman–Crippen LogP) is 8.28. The van der Waals surface area contributed by atoms with Crippen LogP contribution >= 0.6 is 0 Å². The lowest BCUT2D eigenvalue weighted by Gasteiger charge is -2.29. The van der Waals surface area contributed by atoms with Crippen LogP contribution < -0.4 is 29.6 Å². The quantitative estimate of drug-likeness (QED) is 0.0898. The Bertz CT molecular complexity index is 2430. The molecule has 6 aromatic rings. The molecule has 0 saturated heterocycles. The maximum Gasteiger partial charge on any atom is 0.339 e. The summed E-state index contributed by atoms with van der Waals surface area (Å²) in [5.41, 5.74) is 0.738. The zero-order valence-corrected chi connectivity index (χ0v) is 31.8. The topological polar surface area (TPSA) is 169 Å². The fraction of sp³-hybridized carbons (Fsp3) is 0.190. The van der Waals surface area contributed by atoms with Crippen LogP contribution in [0.3, 0.4) is 0 Å². The molecule has 0 bridgehead atoms. The third-order valence-corrected chi connectivity index (χ3v) is 12.2. The van der Waals surface area contributed by atoms with Gasteiger partial charge in [-0.25, -0.2) is 9.59 Å². The van der Waals surface area contributed by atoms with Crippen LogP contribution in [0, 0.1) is 11.8 Å². The van der Waals surface area contributed by atoms with Gasteiger partial charge in [0.05, 0.1) is 0 Å². The molecule has 14 heteroatoms. The van der Waals surface area contributed by atoms with Gasteiger partial charge >= 0.3 is 32.3 Å². The number of rotatable bonds is 12. The van der Waals surface area contributed by atoms with Gasteiger partial charge in [-0.15, -0.1) is 0 Å². The first-order valence-corrected chi connectivity index (χ1v) is 21.0. The van der Waals surface area contributed by atoms with E-state index in [9.17, 15) is 26.4 Å². The Hall–Kier alpha value is -6.12. The van der Waals surface area contributed by atoms with Gasteiger partial charge in [0.2, 0.25) is 0 Å². The van der Waals surface area contributed by atoms with Gasteiger partial charge in [0, 0.05) is 47.4 Å². The Balaban J connectivity index is 0.865. The number of anilines is 2. The Morgan fingerprint density at radius 1 is 0.536 bits per heavy atom. The van der Waals surface area contributed by atoms with Gasteiger partial charge in [0.25, 0.3) is 0 Å². The van der Waals surface area contributed by atoms with Crippen molar-refractivity contribution in [2.45, 2.75) is 35.5 Å². The molecule has 1 aliphatic carbocycles. The van der Waals surface area contributed by atoms with Crippen molar-refractivity contribution in [3.05, 3.63) is 133 Å². The van der Waals surface area contributed by atoms with E-state index in [1.165, 1.54) is 36.4 Å². The van der Waals surface area contributed by atoms with Crippen LogP contribution in [0.2, 0.25) is 0 Å². The number of hydrogen-bond donors (Lipinski definition) is 4. The van der Waals surface area contributed by atoms with Crippen molar-refractivity contribution in [3.8, 4) is 11.5 Å². The van der Waals surface area contributed by atoms with Crippen LogP contribution in [-0.4, -0.2) is 42.0 Å². The fourth-order valence-corrected chi connectivity index (χ4v) is 9.31. The standard InChI is InChI=1S/C42H40N4O8S2/c47-41(45-33-16-8-18-35(25-33)53-55(49,50)39-22-6-14-31-12-1-3-20-37(31)39)43-27-29-10-5-11-30(24-29)28-44-42(48)46-34-17-9-19-36(26-34)54-56(51,52)40-23-7-15-32-13-2-4-21-38(32)40/h1-4,6-9,12-23,25-26,29-30H,5,10-11,24,27-28H2,(H2,43,45,47)(H2,44,46,48). The van der Waals surface area contributed by atoms with E-state index >= 15 is 0 Å². The number of benzene rings is 6. The lowest BCUT2D eigenvalue weighted by atomic mass is 9.81. The van der Waals surface area contributed by atoms with E-state index in [2.05, 4.69) is 21.3 Å². The minimum Gasteiger partial charge on any atom is -0.379 e. The monoisotopic (exact) mass is 792 g/mol. The van der Waals surface area contributed by atoms with Gasteiger partial charge in [0.15, 0.2) is 0 Å². The Kier molecular flexibility index (Phi) is 11.4. The van der Waals surface area contributed by atoms with E-state index in [-0.39, 0.29) is 33.1 Å². The van der Waals surface area contributed by atoms with Crippen LogP contribution in [0.15, 0.2) is 143 Å². The average molecular weight is 793 g/mol. The minimum absolute atomic E-state index is 0.0527. The van der Waals surface area contributed by atoms with Gasteiger partial charge in [0.1, 0.15) is 21.3 Å². The van der Waals surface area contributed by atoms with Gasteiger partial charge in [-0.05, 0) is 78.3 Å². The second kappa shape index (κ2) is 16.7. The summed E-state index contributed by atoms with van der Waals surface area (Å²) >= 11 is 0. The molecule has 1 fully saturated rings. The molecule has 288 valence electrons. The largest absolute Gasteiger partial charge is 0.379 e. The summed E-state index contributed by atoms with van der Waals surface area (Å²) in [5.74, 6) is 0.520. The second-order valence-electron chi connectivity index (χ2n) is 13.7. The maximum absolute atomic E-state index is 13.2. The minimum atomic E-state index is -4.15. The van der Waals surface area contributed by atoms with Crippen LogP contribution in [-0.2, 0) is 20.2 Å². The summed E-state index contributed by atoms with van der Waals surface area (Å²) in [6, 6.07) is 35.8. The van der Waals surface area contributed by atoms with Crippen molar-refractivity contribution in [2.75, 3.05) is 23.7 Å². The van der Waals surface area contributed by atoms with E-state index in [4.69, 9.17) is 8.37 Å². The highest BCUT2D eigenvalue weighted by atomic mass is 32.2. The number of urea groups is 2. The van der Waals surface area contributed by atoms with Crippen molar-refractivity contribution in [1.82, 2.24) is 10.6 Å². The van der Waals surface area contributed by atoms with Gasteiger partial charge in [-0.2, -0.15) is 16.8 Å². The zero-order valence-electron chi connectivity index (χ0n) is 30.2. The van der Waals surface area contributed by atoms with Crippen molar-refractivity contribution < 1.29 is 34.8 Å². The molecule has 7 rings (SSSR count). The molecule has 1 saturated carbocycles. The number of hydrogen-bond acceptors (Lipinski definition) is 8. The molecule has 1 aliphatic rings. The molecule has 0 aliphatic heterocycles. The van der Waals surface area contributed by atoms with Crippen molar-refractivity contribution in [1.29, 1.82) is 0 Å². The van der Waals surface area contributed by atoms with Crippen LogP contribution in [0.4, 0.5) is 21.0 Å². The third-order valence-electron chi connectivity index (χ3n) is 9.63. The summed E-state index contributed by atoms with van der Waals surface area (Å²) < 4.78 is 63.6. The Morgan fingerprint density at radius 3 is 1.41 bits per heavy atom. The van der Waals surface area contributed by atoms with Crippen LogP contribution in [0.5, 0.6) is 11.5 Å². The molecular weight excluding hydrogens is 753 g/mol. The van der Waals surface area contributed by atoms with Gasteiger partial charge in [-0.1, -0.05) is 91.3 Å². The molecule has 0 aromatic heterocycles. The Morgan fingerprint density at radius 2 is 0.946 bits per heavy atom. The molecule has 2 unspecified atom stereocenters. The van der Waals surface area contributed by atoms with E-state index in [1.54, 1.807) is 60.7 Å². The number of nitrogens with one attached hydrogen (secondary N) is 4. The smallest absolute Gasteiger partial charge is 0.339 e. The summed E-state index contributed by atoms with van der Waals surface area (Å²) in [6.45, 7) is 0.851. The molecule has 4 amide bonds. The molecule has 0 radical (unpaired) electrons. The molecular formula is C42H40N4O8S2. The van der Waals surface area contributed by atoms with Crippen molar-refractivity contribution in [2.24, 2.45) is 11.8 Å². The molecule has 56 heavy (non-hydrogen) atoms. The Labute approximate surface area is 325 Å². The van der Waals surface area contributed by atoms with Crippen molar-refractivity contribution in [3.63, 3.8) is 0 Å². The summed E-state index contributed by atoms with van der Waals surface area (Å²) in [7, 11) is -8.29. The number of fused-ring (bicyclic) bond motifs is 2. The molecule has 12 nitrogen and oxygen atoms in total. The van der Waals surface area contributed by atoms with Crippen molar-refractivity contribution >= 4 is 65.2 Å². The first-order chi connectivity index (χ1) is 27.0. The van der Waals surface area contributed by atoms with Crippen LogP contribution in [0.1, 0.15) is 25.7 Å². The molecule has 6 aromatic carbocycles. The predicted molar refractivity (Wildman–Crippen MR) is 216 cm³/mol. The average Bonchev–Trinajstić information content (AvgIpc) is 3.19. The van der Waals surface area contributed by atoms with Gasteiger partial charge < -0.3 is 29.6 Å². The van der Waals surface area contributed by atoms with E-state index in [0.717, 1.165) is 36.5 Å². The van der Waals surface area contributed by atoms with E-state index in [0.29, 0.717) is 35.2 Å². The highest BCUT2D eigenvalue weighted by molar-refractivity contribution is 7.87. The first kappa shape index (κ1) is 38.2. The molecule has 4 N–H and O–H groups in total. The van der Waals surface area contributed by atoms with E-state index in [1.807, 2.05) is 36.4 Å². The highest BCUT2D eigenvalue weighted by Crippen LogP contribution is 2.30. The SMILES string of the molecule is O=C(NCC1CCCC(CNC(=O)Nc2cccc(OS(=O)(=O)c3cccc4ccccc34)c2)C1)Nc1cccc(OS(=O)(=O)c2cccc3ccccc23)c1. The van der Waals surface area contributed by atoms with Gasteiger partial charge in [-0.3, -0.25) is 0 Å². The molecule has 0 spiro atoms. The maximum atomic E-state index is 13.2. The number of carbonyl (C=O) groups is 2. The third kappa shape index (κ3) is 9.39. The summed E-state index contributed by atoms with van der Waals surface area (Å²) in [5, 5.41) is 14.0. The number of amides is 4. The summed E-state index contributed by atoms with van der Waals surface area (Å²) in [4.78, 5) is 25.8. The molecule has 2 atom stereocenters. The van der Waals surface area contributed by atoms with E-state index < -0.39 is 32.3 Å². The normalized spacial score (nSPS) is 15.8. The number of carbonyl (C=O) groups excluding carboxylic acids is 2. The fourth-order valence-electron chi connectivity index (χ4n) is 7.02. The van der Waals surface area contributed by atoms with Crippen LogP contribution in [0.25, 0.3) is 21.5 Å². The summed E-state index contributed by atoms with van der Waals surface area (Å²) in [6.07, 6.45) is 3.59.